The summed E-state index contributed by atoms with van der Waals surface area (Å²) in [5, 5.41) is 9.38. The second-order valence-corrected chi connectivity index (χ2v) is 10.3. The number of hydrogen-bond donors (Lipinski definition) is 4. The van der Waals surface area contributed by atoms with Crippen molar-refractivity contribution in [2.24, 2.45) is 10.7 Å². The van der Waals surface area contributed by atoms with E-state index in [1.807, 2.05) is 18.0 Å². The Balaban J connectivity index is 1.76. The Morgan fingerprint density at radius 1 is 1.26 bits per heavy atom. The highest BCUT2D eigenvalue weighted by atomic mass is 19.3. The minimum absolute atomic E-state index is 0.0434. The molecule has 3 heterocycles. The third-order valence-corrected chi connectivity index (χ3v) is 7.95. The van der Waals surface area contributed by atoms with Crippen LogP contribution in [0, 0.1) is 0 Å². The maximum atomic E-state index is 14.4. The number of halogens is 2. The molecule has 0 spiro atoms. The highest BCUT2D eigenvalue weighted by molar-refractivity contribution is 6.10. The number of rotatable bonds is 8. The van der Waals surface area contributed by atoms with E-state index in [1.54, 1.807) is 20.0 Å². The molecule has 0 radical (unpaired) electrons. The van der Waals surface area contributed by atoms with Gasteiger partial charge in [-0.1, -0.05) is 0 Å². The summed E-state index contributed by atoms with van der Waals surface area (Å²) in [6, 6.07) is 3.90. The molecule has 4 rings (SSSR count). The molecule has 3 aliphatic heterocycles. The van der Waals surface area contributed by atoms with Crippen LogP contribution in [0.4, 0.5) is 14.5 Å². The van der Waals surface area contributed by atoms with Crippen molar-refractivity contribution in [2.75, 3.05) is 51.7 Å². The molecule has 8 nitrogen and oxygen atoms in total. The minimum atomic E-state index is -2.65. The molecule has 38 heavy (non-hydrogen) atoms. The average Bonchev–Trinajstić information content (AvgIpc) is 2.92. The van der Waals surface area contributed by atoms with E-state index in [2.05, 4.69) is 25.8 Å². The number of carbonyl (C=O) groups is 1. The lowest BCUT2D eigenvalue weighted by molar-refractivity contribution is -0.654. The SMILES string of the molecule is CN=C/C(=C\N)c1cc2c(cc1C(F)F)N(C([NH2+]C)C1=C(NC3CCNCC3)CCN(C(C)=O)C1)CCC2. The van der Waals surface area contributed by atoms with Gasteiger partial charge in [-0.2, -0.15) is 0 Å². The van der Waals surface area contributed by atoms with Crippen molar-refractivity contribution in [3.63, 3.8) is 0 Å². The summed E-state index contributed by atoms with van der Waals surface area (Å²) in [7, 11) is 3.63. The number of aryl methyl sites for hydroxylation is 1. The van der Waals surface area contributed by atoms with Crippen LogP contribution in [-0.4, -0.2) is 76.0 Å². The van der Waals surface area contributed by atoms with Crippen molar-refractivity contribution in [3.8, 4) is 0 Å². The molecule has 1 saturated heterocycles. The van der Waals surface area contributed by atoms with Crippen LogP contribution in [0.2, 0.25) is 0 Å². The number of nitrogens with one attached hydrogen (secondary N) is 2. The van der Waals surface area contributed by atoms with Crippen molar-refractivity contribution >= 4 is 23.4 Å². The molecule has 208 valence electrons. The molecule has 0 aliphatic carbocycles. The Bertz CT molecular complexity index is 1090. The number of nitrogens with zero attached hydrogens (tertiary/aromatic N) is 3. The molecule has 0 saturated carbocycles. The molecule has 0 aromatic heterocycles. The van der Waals surface area contributed by atoms with E-state index in [0.29, 0.717) is 30.3 Å². The van der Waals surface area contributed by atoms with Gasteiger partial charge < -0.3 is 31.5 Å². The molecule has 3 aliphatic rings. The zero-order valence-electron chi connectivity index (χ0n) is 22.8. The zero-order chi connectivity index (χ0) is 27.2. The van der Waals surface area contributed by atoms with Crippen LogP contribution in [0.15, 0.2) is 34.6 Å². The number of nitrogens with two attached hydrogens (primary N) is 2. The van der Waals surface area contributed by atoms with Gasteiger partial charge in [-0.05, 0) is 62.0 Å². The van der Waals surface area contributed by atoms with Gasteiger partial charge in [-0.3, -0.25) is 9.79 Å². The Kier molecular flexibility index (Phi) is 9.38. The van der Waals surface area contributed by atoms with E-state index in [4.69, 9.17) is 5.73 Å². The Labute approximate surface area is 224 Å². The molecule has 1 atom stereocenters. The number of carbonyl (C=O) groups excluding carboxylic acids is 1. The molecular weight excluding hydrogens is 488 g/mol. The zero-order valence-corrected chi connectivity index (χ0v) is 22.8. The van der Waals surface area contributed by atoms with Gasteiger partial charge >= 0.3 is 0 Å². The average molecular weight is 531 g/mol. The number of allylic oxidation sites excluding steroid dienone is 1. The number of likely N-dealkylation sites (N-methyl/N-ethyl adjacent to an activating group) is 1. The summed E-state index contributed by atoms with van der Waals surface area (Å²) in [5.74, 6) is 0.0561. The summed E-state index contributed by atoms with van der Waals surface area (Å²) >= 11 is 0. The van der Waals surface area contributed by atoms with Crippen molar-refractivity contribution in [3.05, 3.63) is 46.3 Å². The van der Waals surface area contributed by atoms with Crippen LogP contribution >= 0.6 is 0 Å². The largest absolute Gasteiger partial charge is 0.404 e. The number of benzene rings is 1. The number of fused-ring (bicyclic) bond motifs is 1. The molecule has 0 bridgehead atoms. The highest BCUT2D eigenvalue weighted by Crippen LogP contribution is 2.38. The summed E-state index contributed by atoms with van der Waals surface area (Å²) in [6.45, 7) is 5.57. The third kappa shape index (κ3) is 6.02. The van der Waals surface area contributed by atoms with E-state index in [0.717, 1.165) is 68.6 Å². The fourth-order valence-electron chi connectivity index (χ4n) is 6.01. The van der Waals surface area contributed by atoms with Crippen LogP contribution in [0.5, 0.6) is 0 Å². The summed E-state index contributed by atoms with van der Waals surface area (Å²) in [6.07, 6.45) is 4.70. The molecule has 6 N–H and O–H groups in total. The summed E-state index contributed by atoms with van der Waals surface area (Å²) < 4.78 is 28.7. The van der Waals surface area contributed by atoms with Crippen molar-refractivity contribution < 1.29 is 18.9 Å². The molecule has 1 aromatic carbocycles. The summed E-state index contributed by atoms with van der Waals surface area (Å²) in [4.78, 5) is 20.5. The molecule has 1 amide bonds. The van der Waals surface area contributed by atoms with E-state index < -0.39 is 6.43 Å². The predicted molar refractivity (Wildman–Crippen MR) is 148 cm³/mol. The van der Waals surface area contributed by atoms with E-state index in [9.17, 15) is 13.6 Å². The van der Waals surface area contributed by atoms with Gasteiger partial charge in [-0.25, -0.2) is 8.78 Å². The molecule has 1 unspecified atom stereocenters. The van der Waals surface area contributed by atoms with E-state index in [-0.39, 0.29) is 17.6 Å². The molecule has 1 fully saturated rings. The maximum absolute atomic E-state index is 14.4. The topological polar surface area (TPSA) is 103 Å². The lowest BCUT2D eigenvalue weighted by Crippen LogP contribution is -2.91. The van der Waals surface area contributed by atoms with Gasteiger partial charge in [0.15, 0.2) is 6.17 Å². The summed E-state index contributed by atoms with van der Waals surface area (Å²) in [5.41, 5.74) is 10.9. The number of quaternary nitrogens is 1. The molecule has 10 heteroatoms. The minimum Gasteiger partial charge on any atom is -0.404 e. The van der Waals surface area contributed by atoms with Crippen LogP contribution < -0.4 is 26.6 Å². The first-order valence-electron chi connectivity index (χ1n) is 13.7. The Morgan fingerprint density at radius 3 is 2.66 bits per heavy atom. The van der Waals surface area contributed by atoms with Gasteiger partial charge in [0, 0.05) is 80.0 Å². The maximum Gasteiger partial charge on any atom is 0.264 e. The van der Waals surface area contributed by atoms with Crippen molar-refractivity contribution in [1.29, 1.82) is 0 Å². The fourth-order valence-corrected chi connectivity index (χ4v) is 6.01. The predicted octanol–water partition coefficient (Wildman–Crippen LogP) is 1.74. The van der Waals surface area contributed by atoms with E-state index in [1.165, 1.54) is 18.1 Å². The van der Waals surface area contributed by atoms with Gasteiger partial charge in [0.1, 0.15) is 0 Å². The standard InChI is InChI=1S/C28H41F2N7O/c1-18(38)36-12-8-25(35-21-6-9-34-10-7-21)24(17-36)28(33-3)37-11-4-5-19-13-22(20(15-31)16-32-2)23(27(29)30)14-26(19)37/h13-16,21,27-28,33-35H,4-12,17,31H2,1-3H3/p+1/b20-15+,32-16?. The number of hydrogen-bond acceptors (Lipinski definition) is 6. The number of alkyl halides is 2. The molecule has 1 aromatic rings. The van der Waals surface area contributed by atoms with Crippen LogP contribution in [-0.2, 0) is 11.2 Å². The Morgan fingerprint density at radius 2 is 2.03 bits per heavy atom. The number of amides is 1. The van der Waals surface area contributed by atoms with Crippen LogP contribution in [0.1, 0.15) is 55.7 Å². The lowest BCUT2D eigenvalue weighted by atomic mass is 9.91. The monoisotopic (exact) mass is 530 g/mol. The number of anilines is 1. The quantitative estimate of drug-likeness (QED) is 0.384. The van der Waals surface area contributed by atoms with Gasteiger partial charge in [-0.15, -0.1) is 0 Å². The number of aliphatic imine (C=N–C) groups is 1. The fraction of sp³-hybridized carbons (Fsp3) is 0.571. The second-order valence-electron chi connectivity index (χ2n) is 10.3. The first-order chi connectivity index (χ1) is 18.4. The lowest BCUT2D eigenvalue weighted by Gasteiger charge is -2.41. The van der Waals surface area contributed by atoms with E-state index >= 15 is 0 Å². The van der Waals surface area contributed by atoms with Crippen molar-refractivity contribution in [1.82, 2.24) is 15.5 Å². The van der Waals surface area contributed by atoms with Crippen LogP contribution in [0.25, 0.3) is 5.57 Å². The van der Waals surface area contributed by atoms with Gasteiger partial charge in [0.25, 0.3) is 6.43 Å². The van der Waals surface area contributed by atoms with Gasteiger partial charge in [0.05, 0.1) is 13.6 Å². The second kappa shape index (κ2) is 12.7. The molecular formula is C28H42F2N7O+. The number of piperidine rings is 1. The third-order valence-electron chi connectivity index (χ3n) is 7.95. The first kappa shape index (κ1) is 28.0. The normalized spacial score (nSPS) is 20.3. The van der Waals surface area contributed by atoms with Crippen molar-refractivity contribution in [2.45, 2.75) is 57.7 Å². The smallest absolute Gasteiger partial charge is 0.264 e. The van der Waals surface area contributed by atoms with Crippen LogP contribution in [0.3, 0.4) is 0 Å². The van der Waals surface area contributed by atoms with Gasteiger partial charge in [0.2, 0.25) is 5.91 Å². The Hall–Kier alpha value is -2.98. The highest BCUT2D eigenvalue weighted by Gasteiger charge is 2.35. The first-order valence-corrected chi connectivity index (χ1v) is 13.7.